The summed E-state index contributed by atoms with van der Waals surface area (Å²) in [6.45, 7) is 0.339. The number of pyridine rings is 1. The monoisotopic (exact) mass is 396 g/mol. The van der Waals surface area contributed by atoms with Gasteiger partial charge in [-0.05, 0) is 6.07 Å². The summed E-state index contributed by atoms with van der Waals surface area (Å²) in [4.78, 5) is 13.1. The molecule has 7 nitrogen and oxygen atoms in total. The molecule has 3 aromatic rings. The van der Waals surface area contributed by atoms with Crippen LogP contribution < -0.4 is 10.1 Å². The minimum Gasteiger partial charge on any atom is -0.476 e. The third-order valence-corrected chi connectivity index (χ3v) is 4.28. The van der Waals surface area contributed by atoms with Gasteiger partial charge in [0.15, 0.2) is 5.52 Å². The Bertz CT molecular complexity index is 935. The Morgan fingerprint density at radius 1 is 1.33 bits per heavy atom. The molecule has 144 valence electrons. The standard InChI is InChI=1S/C17H18F2N6O.ClH/c1-25-8-12(7-23-25)13-4-14-15(22-3-2-21-14)16(24-13)26-9-11-5-17(18,19)10-20-6-11;/h2-4,7-8,11,20H,5-6,9-10H2,1H3;1H. The SMILES string of the molecule is Cl.Cn1cc(-c2cc3nccnc3c(OCC3CNCC(F)(F)C3)n2)cn1. The Balaban J connectivity index is 0.00000210. The number of aromatic nitrogens is 5. The molecule has 4 heterocycles. The van der Waals surface area contributed by atoms with Crippen LogP contribution >= 0.6 is 12.4 Å². The lowest BCUT2D eigenvalue weighted by molar-refractivity contribution is -0.0457. The van der Waals surface area contributed by atoms with Gasteiger partial charge in [0, 0.05) is 50.1 Å². The summed E-state index contributed by atoms with van der Waals surface area (Å²) >= 11 is 0. The number of halogens is 3. The molecule has 1 unspecified atom stereocenters. The zero-order valence-electron chi connectivity index (χ0n) is 14.6. The molecule has 0 spiro atoms. The van der Waals surface area contributed by atoms with Gasteiger partial charge in [0.2, 0.25) is 5.88 Å². The molecular weight excluding hydrogens is 378 g/mol. The van der Waals surface area contributed by atoms with E-state index in [0.717, 1.165) is 5.56 Å². The molecule has 0 aromatic carbocycles. The minimum absolute atomic E-state index is 0. The largest absolute Gasteiger partial charge is 0.476 e. The van der Waals surface area contributed by atoms with Crippen molar-refractivity contribution in [1.82, 2.24) is 30.0 Å². The second kappa shape index (κ2) is 7.69. The first kappa shape index (κ1) is 19.4. The lowest BCUT2D eigenvalue weighted by atomic mass is 9.98. The topological polar surface area (TPSA) is 77.8 Å². The van der Waals surface area contributed by atoms with Crippen molar-refractivity contribution in [2.75, 3.05) is 19.7 Å². The van der Waals surface area contributed by atoms with Crippen LogP contribution in [0.2, 0.25) is 0 Å². The summed E-state index contributed by atoms with van der Waals surface area (Å²) < 4.78 is 34.6. The molecule has 1 saturated heterocycles. The highest BCUT2D eigenvalue weighted by Crippen LogP contribution is 2.29. The summed E-state index contributed by atoms with van der Waals surface area (Å²) in [5, 5.41) is 6.90. The number of rotatable bonds is 4. The highest BCUT2D eigenvalue weighted by molar-refractivity contribution is 5.85. The van der Waals surface area contributed by atoms with Gasteiger partial charge < -0.3 is 10.1 Å². The van der Waals surface area contributed by atoms with Crippen LogP contribution in [-0.4, -0.2) is 50.4 Å². The normalized spacial score (nSPS) is 18.9. The Morgan fingerprint density at radius 3 is 2.89 bits per heavy atom. The molecule has 1 atom stereocenters. The maximum absolute atomic E-state index is 13.6. The molecule has 27 heavy (non-hydrogen) atoms. The van der Waals surface area contributed by atoms with Gasteiger partial charge in [0.25, 0.3) is 5.92 Å². The summed E-state index contributed by atoms with van der Waals surface area (Å²) in [6, 6.07) is 1.81. The Kier molecular flexibility index (Phi) is 5.52. The number of alkyl halides is 2. The van der Waals surface area contributed by atoms with Crippen LogP contribution in [0.25, 0.3) is 22.3 Å². The Hall–Kier alpha value is -2.39. The molecule has 1 N–H and O–H groups in total. The quantitative estimate of drug-likeness (QED) is 0.730. The molecule has 10 heteroatoms. The van der Waals surface area contributed by atoms with Crippen molar-refractivity contribution >= 4 is 23.4 Å². The molecule has 0 amide bonds. The molecule has 4 rings (SSSR count). The fraction of sp³-hybridized carbons (Fsp3) is 0.412. The van der Waals surface area contributed by atoms with Crippen molar-refractivity contribution in [2.24, 2.45) is 13.0 Å². The van der Waals surface area contributed by atoms with Crippen molar-refractivity contribution in [3.8, 4) is 17.1 Å². The van der Waals surface area contributed by atoms with E-state index in [1.165, 1.54) is 0 Å². The smallest absolute Gasteiger partial charge is 0.260 e. The first-order chi connectivity index (χ1) is 12.5. The average molecular weight is 397 g/mol. The van der Waals surface area contributed by atoms with Crippen LogP contribution in [0.15, 0.2) is 30.9 Å². The first-order valence-corrected chi connectivity index (χ1v) is 8.32. The highest BCUT2D eigenvalue weighted by Gasteiger charge is 2.36. The van der Waals surface area contributed by atoms with E-state index in [4.69, 9.17) is 4.74 Å². The van der Waals surface area contributed by atoms with E-state index in [1.807, 2.05) is 19.3 Å². The zero-order valence-corrected chi connectivity index (χ0v) is 15.4. The number of fused-ring (bicyclic) bond motifs is 1. The van der Waals surface area contributed by atoms with Crippen molar-refractivity contribution in [2.45, 2.75) is 12.3 Å². The van der Waals surface area contributed by atoms with Crippen molar-refractivity contribution < 1.29 is 13.5 Å². The molecule has 1 aliphatic heterocycles. The van der Waals surface area contributed by atoms with Gasteiger partial charge in [-0.2, -0.15) is 5.10 Å². The van der Waals surface area contributed by atoms with E-state index in [1.54, 1.807) is 23.3 Å². The number of nitrogens with one attached hydrogen (secondary N) is 1. The van der Waals surface area contributed by atoms with Crippen LogP contribution in [0, 0.1) is 5.92 Å². The molecule has 0 aliphatic carbocycles. The van der Waals surface area contributed by atoms with Crippen molar-refractivity contribution in [3.63, 3.8) is 0 Å². The third kappa shape index (κ3) is 4.30. The summed E-state index contributed by atoms with van der Waals surface area (Å²) in [5.41, 5.74) is 2.60. The predicted molar refractivity (Wildman–Crippen MR) is 98.2 cm³/mol. The zero-order chi connectivity index (χ0) is 18.1. The van der Waals surface area contributed by atoms with E-state index < -0.39 is 5.92 Å². The van der Waals surface area contributed by atoms with E-state index in [9.17, 15) is 8.78 Å². The molecular formula is C17H19ClF2N6O. The number of hydrogen-bond acceptors (Lipinski definition) is 6. The van der Waals surface area contributed by atoms with Gasteiger partial charge in [-0.1, -0.05) is 0 Å². The molecule has 0 saturated carbocycles. The number of piperidine rings is 1. The number of nitrogens with zero attached hydrogens (tertiary/aromatic N) is 5. The van der Waals surface area contributed by atoms with Gasteiger partial charge in [-0.3, -0.25) is 9.67 Å². The lowest BCUT2D eigenvalue weighted by Gasteiger charge is -2.29. The number of ether oxygens (including phenoxy) is 1. The molecule has 0 radical (unpaired) electrons. The van der Waals surface area contributed by atoms with Crippen LogP contribution in [0.5, 0.6) is 5.88 Å². The van der Waals surface area contributed by atoms with Gasteiger partial charge in [0.1, 0.15) is 0 Å². The van der Waals surface area contributed by atoms with Gasteiger partial charge >= 0.3 is 0 Å². The maximum Gasteiger partial charge on any atom is 0.260 e. The number of hydrogen-bond donors (Lipinski definition) is 1. The third-order valence-electron chi connectivity index (χ3n) is 4.28. The lowest BCUT2D eigenvalue weighted by Crippen LogP contribution is -2.45. The molecule has 1 aliphatic rings. The fourth-order valence-electron chi connectivity index (χ4n) is 3.09. The number of aryl methyl sites for hydroxylation is 1. The Labute approximate surface area is 160 Å². The van der Waals surface area contributed by atoms with E-state index in [0.29, 0.717) is 29.2 Å². The Morgan fingerprint density at radius 2 is 2.15 bits per heavy atom. The van der Waals surface area contributed by atoms with E-state index in [2.05, 4.69) is 25.4 Å². The molecule has 3 aromatic heterocycles. The minimum atomic E-state index is -2.71. The average Bonchev–Trinajstić information content (AvgIpc) is 3.05. The summed E-state index contributed by atoms with van der Waals surface area (Å²) in [5.74, 6) is -2.71. The second-order valence-electron chi connectivity index (χ2n) is 6.51. The van der Waals surface area contributed by atoms with E-state index >= 15 is 0 Å². The summed E-state index contributed by atoms with van der Waals surface area (Å²) in [7, 11) is 1.82. The van der Waals surface area contributed by atoms with Crippen molar-refractivity contribution in [3.05, 3.63) is 30.9 Å². The van der Waals surface area contributed by atoms with Crippen molar-refractivity contribution in [1.29, 1.82) is 0 Å². The van der Waals surface area contributed by atoms with Crippen LogP contribution in [0.1, 0.15) is 6.42 Å². The van der Waals surface area contributed by atoms with Crippen LogP contribution in [0.4, 0.5) is 8.78 Å². The van der Waals surface area contributed by atoms with E-state index in [-0.39, 0.29) is 37.9 Å². The van der Waals surface area contributed by atoms with Crippen LogP contribution in [-0.2, 0) is 7.05 Å². The van der Waals surface area contributed by atoms with Gasteiger partial charge in [-0.15, -0.1) is 12.4 Å². The molecule has 0 bridgehead atoms. The summed E-state index contributed by atoms with van der Waals surface area (Å²) in [6.07, 6.45) is 6.47. The molecule has 1 fully saturated rings. The van der Waals surface area contributed by atoms with Crippen LogP contribution in [0.3, 0.4) is 0 Å². The second-order valence-corrected chi connectivity index (χ2v) is 6.51. The highest BCUT2D eigenvalue weighted by atomic mass is 35.5. The fourth-order valence-corrected chi connectivity index (χ4v) is 3.09. The predicted octanol–water partition coefficient (Wildman–Crippen LogP) is 2.47. The van der Waals surface area contributed by atoms with Gasteiger partial charge in [-0.25, -0.2) is 18.7 Å². The van der Waals surface area contributed by atoms with Gasteiger partial charge in [0.05, 0.1) is 30.6 Å². The maximum atomic E-state index is 13.6. The first-order valence-electron chi connectivity index (χ1n) is 8.32.